The van der Waals surface area contributed by atoms with E-state index in [0.717, 1.165) is 4.90 Å². The van der Waals surface area contributed by atoms with Crippen LogP contribution < -0.4 is 10.6 Å². The number of hydrogen-bond donors (Lipinski definition) is 3. The number of terminal acetylenes is 1. The van der Waals surface area contributed by atoms with Crippen LogP contribution in [0.5, 0.6) is 5.75 Å². The maximum Gasteiger partial charge on any atom is 0.408 e. The molecule has 0 fully saturated rings. The van der Waals surface area contributed by atoms with E-state index in [1.54, 1.807) is 52.0 Å². The van der Waals surface area contributed by atoms with Gasteiger partial charge in [0.15, 0.2) is 0 Å². The van der Waals surface area contributed by atoms with Gasteiger partial charge >= 0.3 is 6.09 Å². The summed E-state index contributed by atoms with van der Waals surface area (Å²) in [6.45, 7) is 10.7. The first-order valence-corrected chi connectivity index (χ1v) is 12.2. The molecule has 3 N–H and O–H groups in total. The summed E-state index contributed by atoms with van der Waals surface area (Å²) >= 11 is 6.31. The van der Waals surface area contributed by atoms with E-state index in [0.29, 0.717) is 16.3 Å². The second-order valence-electron chi connectivity index (χ2n) is 10.1. The van der Waals surface area contributed by atoms with Crippen LogP contribution in [0.2, 0.25) is 5.02 Å². The fraction of sp³-hybridized carbons (Fsp3) is 0.393. The Labute approximate surface area is 223 Å². The lowest BCUT2D eigenvalue weighted by Crippen LogP contribution is -2.51. The van der Waals surface area contributed by atoms with Gasteiger partial charge in [0, 0.05) is 6.04 Å². The Balaban J connectivity index is 2.50. The fourth-order valence-electron chi connectivity index (χ4n) is 3.67. The summed E-state index contributed by atoms with van der Waals surface area (Å²) in [5.74, 6) is -1.43. The molecule has 2 unspecified atom stereocenters. The van der Waals surface area contributed by atoms with E-state index in [4.69, 9.17) is 22.8 Å². The van der Waals surface area contributed by atoms with Crippen LogP contribution in [-0.4, -0.2) is 39.6 Å². The molecule has 9 heteroatoms. The first kappa shape index (κ1) is 29.5. The molecule has 0 aliphatic rings. The Morgan fingerprint density at radius 2 is 1.81 bits per heavy atom. The Kier molecular flexibility index (Phi) is 9.98. The number of para-hydroxylation sites is 1. The van der Waals surface area contributed by atoms with Crippen molar-refractivity contribution >= 4 is 35.2 Å². The van der Waals surface area contributed by atoms with Crippen LogP contribution in [0.25, 0.3) is 0 Å². The third-order valence-electron chi connectivity index (χ3n) is 5.24. The zero-order valence-corrected chi connectivity index (χ0v) is 22.7. The van der Waals surface area contributed by atoms with E-state index in [2.05, 4.69) is 16.7 Å². The van der Waals surface area contributed by atoms with Crippen molar-refractivity contribution in [1.29, 1.82) is 0 Å². The van der Waals surface area contributed by atoms with Crippen LogP contribution in [0.1, 0.15) is 58.2 Å². The monoisotopic (exact) mass is 527 g/mol. The number of nitrogens with zero attached hydrogens (tertiary/aromatic N) is 1. The summed E-state index contributed by atoms with van der Waals surface area (Å²) in [6.07, 6.45) is 5.25. The van der Waals surface area contributed by atoms with Crippen molar-refractivity contribution < 1.29 is 24.2 Å². The smallest absolute Gasteiger partial charge is 0.408 e. The number of rotatable bonds is 8. The van der Waals surface area contributed by atoms with Crippen molar-refractivity contribution in [2.45, 2.75) is 65.6 Å². The van der Waals surface area contributed by atoms with Crippen molar-refractivity contribution in [3.63, 3.8) is 0 Å². The zero-order valence-electron chi connectivity index (χ0n) is 22.0. The van der Waals surface area contributed by atoms with Crippen molar-refractivity contribution in [3.05, 3.63) is 58.6 Å². The Morgan fingerprint density at radius 3 is 2.35 bits per heavy atom. The normalized spacial score (nSPS) is 12.7. The molecule has 2 aromatic rings. The van der Waals surface area contributed by atoms with Gasteiger partial charge in [-0.2, -0.15) is 0 Å². The highest BCUT2D eigenvalue weighted by atomic mass is 35.5. The SMILES string of the molecule is C#CN(C(=O)C(CC(C)C)NC(=O)OC(C)(C)C)C(C(=O)Nc1c(C)cccc1Cl)c1cccc(O)c1. The number of anilines is 1. The Bertz CT molecular complexity index is 1160. The number of phenolic OH excluding ortho intramolecular Hbond substituents is 1. The quantitative estimate of drug-likeness (QED) is 0.315. The van der Waals surface area contributed by atoms with Crippen LogP contribution in [0.3, 0.4) is 0 Å². The maximum absolute atomic E-state index is 13.7. The molecule has 0 aromatic heterocycles. The van der Waals surface area contributed by atoms with Gasteiger partial charge in [-0.15, -0.1) is 0 Å². The Hall–Kier alpha value is -3.70. The van der Waals surface area contributed by atoms with Crippen molar-refractivity contribution in [3.8, 4) is 18.2 Å². The van der Waals surface area contributed by atoms with Crippen LogP contribution >= 0.6 is 11.6 Å². The third kappa shape index (κ3) is 8.43. The number of nitrogens with one attached hydrogen (secondary N) is 2. The topological polar surface area (TPSA) is 108 Å². The summed E-state index contributed by atoms with van der Waals surface area (Å²) in [7, 11) is 0. The summed E-state index contributed by atoms with van der Waals surface area (Å²) in [4.78, 5) is 40.8. The number of amides is 3. The first-order chi connectivity index (χ1) is 17.2. The van der Waals surface area contributed by atoms with Crippen molar-refractivity contribution in [1.82, 2.24) is 10.2 Å². The molecular formula is C28H34ClN3O5. The molecule has 2 rings (SSSR count). The number of ether oxygens (including phenoxy) is 1. The lowest BCUT2D eigenvalue weighted by Gasteiger charge is -2.31. The van der Waals surface area contributed by atoms with Gasteiger partial charge in [-0.25, -0.2) is 4.79 Å². The number of carbonyl (C=O) groups is 3. The number of carbonyl (C=O) groups excluding carboxylic acids is 3. The van der Waals surface area contributed by atoms with E-state index < -0.39 is 35.6 Å². The highest BCUT2D eigenvalue weighted by molar-refractivity contribution is 6.34. The molecule has 0 aliphatic heterocycles. The molecule has 37 heavy (non-hydrogen) atoms. The predicted molar refractivity (Wildman–Crippen MR) is 144 cm³/mol. The molecule has 2 atom stereocenters. The lowest BCUT2D eigenvalue weighted by atomic mass is 9.99. The van der Waals surface area contributed by atoms with E-state index >= 15 is 0 Å². The summed E-state index contributed by atoms with van der Waals surface area (Å²) in [5, 5.41) is 15.8. The number of benzene rings is 2. The summed E-state index contributed by atoms with van der Waals surface area (Å²) in [6, 6.07) is 10.9. The molecule has 0 radical (unpaired) electrons. The van der Waals surface area contributed by atoms with Gasteiger partial charge in [0.1, 0.15) is 23.4 Å². The first-order valence-electron chi connectivity index (χ1n) is 11.9. The number of phenols is 1. The molecule has 0 saturated heterocycles. The fourth-order valence-corrected chi connectivity index (χ4v) is 3.94. The molecule has 198 valence electrons. The van der Waals surface area contributed by atoms with Gasteiger partial charge in [-0.05, 0) is 69.4 Å². The molecule has 0 spiro atoms. The van der Waals surface area contributed by atoms with Crippen LogP contribution in [-0.2, 0) is 14.3 Å². The highest BCUT2D eigenvalue weighted by Gasteiger charge is 2.36. The predicted octanol–water partition coefficient (Wildman–Crippen LogP) is 5.39. The largest absolute Gasteiger partial charge is 0.508 e. The zero-order chi connectivity index (χ0) is 27.9. The molecule has 0 bridgehead atoms. The van der Waals surface area contributed by atoms with Crippen LogP contribution in [0.4, 0.5) is 10.5 Å². The third-order valence-corrected chi connectivity index (χ3v) is 5.55. The molecule has 8 nitrogen and oxygen atoms in total. The minimum Gasteiger partial charge on any atom is -0.508 e. The maximum atomic E-state index is 13.7. The van der Waals surface area contributed by atoms with Gasteiger partial charge in [-0.1, -0.05) is 56.1 Å². The number of aryl methyl sites for hydroxylation is 1. The van der Waals surface area contributed by atoms with Gasteiger partial charge in [-0.3, -0.25) is 14.5 Å². The van der Waals surface area contributed by atoms with Gasteiger partial charge in [0.05, 0.1) is 10.7 Å². The molecule has 2 aromatic carbocycles. The average molecular weight is 528 g/mol. The van der Waals surface area contributed by atoms with Gasteiger partial charge in [0.25, 0.3) is 11.8 Å². The molecular weight excluding hydrogens is 494 g/mol. The second-order valence-corrected chi connectivity index (χ2v) is 10.5. The Morgan fingerprint density at radius 1 is 1.16 bits per heavy atom. The lowest BCUT2D eigenvalue weighted by molar-refractivity contribution is -0.137. The standard InChI is InChI=1S/C28H34ClN3O5/c1-8-32(26(35)22(15-17(2)3)30-27(36)37-28(5,6)7)24(19-12-10-13-20(33)16-19)25(34)31-23-18(4)11-9-14-21(23)29/h1,9-14,16-17,22,24,33H,15H2,2-7H3,(H,30,36)(H,31,34). The molecule has 3 amide bonds. The molecule has 0 saturated carbocycles. The highest BCUT2D eigenvalue weighted by Crippen LogP contribution is 2.30. The van der Waals surface area contributed by atoms with Crippen LogP contribution in [0.15, 0.2) is 42.5 Å². The minimum atomic E-state index is -1.34. The number of aromatic hydroxyl groups is 1. The summed E-state index contributed by atoms with van der Waals surface area (Å²) in [5.41, 5.74) is 0.569. The van der Waals surface area contributed by atoms with E-state index in [1.165, 1.54) is 18.2 Å². The van der Waals surface area contributed by atoms with E-state index in [9.17, 15) is 19.5 Å². The number of alkyl carbamates (subject to hydrolysis) is 1. The van der Waals surface area contributed by atoms with Crippen molar-refractivity contribution in [2.75, 3.05) is 5.32 Å². The second kappa shape index (κ2) is 12.5. The summed E-state index contributed by atoms with van der Waals surface area (Å²) < 4.78 is 5.33. The van der Waals surface area contributed by atoms with E-state index in [1.807, 2.05) is 13.8 Å². The molecule has 0 heterocycles. The average Bonchev–Trinajstić information content (AvgIpc) is 2.77. The molecule has 0 aliphatic carbocycles. The van der Waals surface area contributed by atoms with Gasteiger partial charge < -0.3 is 20.5 Å². The van der Waals surface area contributed by atoms with Crippen LogP contribution in [0, 0.1) is 25.3 Å². The van der Waals surface area contributed by atoms with Crippen molar-refractivity contribution in [2.24, 2.45) is 5.92 Å². The number of hydrogen-bond acceptors (Lipinski definition) is 5. The van der Waals surface area contributed by atoms with E-state index in [-0.39, 0.29) is 23.7 Å². The van der Waals surface area contributed by atoms with Gasteiger partial charge in [0.2, 0.25) is 0 Å². The minimum absolute atomic E-state index is 0.00216. The number of halogens is 1.